The van der Waals surface area contributed by atoms with E-state index in [9.17, 15) is 0 Å². The van der Waals surface area contributed by atoms with Gasteiger partial charge in [0.1, 0.15) is 0 Å². The van der Waals surface area contributed by atoms with Gasteiger partial charge in [0, 0.05) is 58.8 Å². The molecule has 23 heavy (non-hydrogen) atoms. The predicted molar refractivity (Wildman–Crippen MR) is 99.3 cm³/mol. The Bertz CT molecular complexity index is 872. The Morgan fingerprint density at radius 3 is 3.00 bits per heavy atom. The van der Waals surface area contributed by atoms with Gasteiger partial charge in [-0.1, -0.05) is 17.7 Å². The van der Waals surface area contributed by atoms with Crippen molar-refractivity contribution in [1.29, 1.82) is 0 Å². The fraction of sp³-hybridized carbons (Fsp3) is 0.222. The highest BCUT2D eigenvalue weighted by Crippen LogP contribution is 2.32. The summed E-state index contributed by atoms with van der Waals surface area (Å²) in [6.45, 7) is 2.03. The Labute approximate surface area is 145 Å². The Kier molecular flexibility index (Phi) is 3.97. The van der Waals surface area contributed by atoms with Crippen molar-refractivity contribution in [1.82, 2.24) is 9.88 Å². The third-order valence-electron chi connectivity index (χ3n) is 4.36. The van der Waals surface area contributed by atoms with Crippen molar-refractivity contribution < 1.29 is 0 Å². The quantitative estimate of drug-likeness (QED) is 0.681. The summed E-state index contributed by atoms with van der Waals surface area (Å²) in [7, 11) is 2.17. The summed E-state index contributed by atoms with van der Waals surface area (Å²) >= 11 is 7.65. The zero-order valence-electron chi connectivity index (χ0n) is 12.9. The van der Waals surface area contributed by atoms with Crippen LogP contribution in [0.25, 0.3) is 10.9 Å². The van der Waals surface area contributed by atoms with Crippen LogP contribution in [-0.4, -0.2) is 11.1 Å². The van der Waals surface area contributed by atoms with Gasteiger partial charge in [0.15, 0.2) is 0 Å². The van der Waals surface area contributed by atoms with Gasteiger partial charge in [0.05, 0.1) is 0 Å². The molecule has 1 aliphatic heterocycles. The summed E-state index contributed by atoms with van der Waals surface area (Å²) < 4.78 is 5.70. The molecule has 0 saturated carbocycles. The second-order valence-electron chi connectivity index (χ2n) is 5.80. The van der Waals surface area contributed by atoms with E-state index in [4.69, 9.17) is 11.6 Å². The van der Waals surface area contributed by atoms with Crippen molar-refractivity contribution in [3.8, 4) is 0 Å². The maximum Gasteiger partial charge on any atom is 0.0484 e. The minimum atomic E-state index is 0.745. The van der Waals surface area contributed by atoms with Crippen LogP contribution in [0.5, 0.6) is 0 Å². The van der Waals surface area contributed by atoms with Gasteiger partial charge in [-0.2, -0.15) is 0 Å². The molecule has 3 nitrogen and oxygen atoms in total. The summed E-state index contributed by atoms with van der Waals surface area (Å²) in [5.74, 6) is 0. The van der Waals surface area contributed by atoms with Crippen molar-refractivity contribution >= 4 is 40.1 Å². The number of nitrogens with zero attached hydrogens (tertiary/aromatic N) is 1. The first kappa shape index (κ1) is 14.9. The first-order valence-corrected chi connectivity index (χ1v) is 8.91. The maximum absolute atomic E-state index is 6.03. The van der Waals surface area contributed by atoms with Crippen molar-refractivity contribution in [3.63, 3.8) is 0 Å². The molecular formula is C18H18ClN3S. The lowest BCUT2D eigenvalue weighted by molar-refractivity contribution is 0.622. The molecular weight excluding hydrogens is 326 g/mol. The normalized spacial score (nSPS) is 14.0. The maximum atomic E-state index is 6.03. The Balaban J connectivity index is 1.64. The summed E-state index contributed by atoms with van der Waals surface area (Å²) in [5.41, 5.74) is 5.23. The molecule has 0 amide bonds. The number of fused-ring (bicyclic) bond motifs is 3. The molecule has 0 fully saturated rings. The van der Waals surface area contributed by atoms with Crippen molar-refractivity contribution in [3.05, 3.63) is 58.7 Å². The first-order chi connectivity index (χ1) is 11.2. The number of hydrogen-bond acceptors (Lipinski definition) is 3. The van der Waals surface area contributed by atoms with Crippen molar-refractivity contribution in [2.75, 3.05) is 11.3 Å². The van der Waals surface area contributed by atoms with Gasteiger partial charge in [-0.3, -0.25) is 0 Å². The number of rotatable bonds is 3. The summed E-state index contributed by atoms with van der Waals surface area (Å²) in [5, 5.41) is 5.58. The van der Waals surface area contributed by atoms with Crippen LogP contribution in [0.3, 0.4) is 0 Å². The van der Waals surface area contributed by atoms with E-state index in [0.29, 0.717) is 0 Å². The minimum absolute atomic E-state index is 0.745. The Morgan fingerprint density at radius 1 is 1.22 bits per heavy atom. The summed E-state index contributed by atoms with van der Waals surface area (Å²) in [4.78, 5) is 1.21. The lowest BCUT2D eigenvalue weighted by Gasteiger charge is -2.14. The summed E-state index contributed by atoms with van der Waals surface area (Å²) in [6.07, 6.45) is 1.10. The van der Waals surface area contributed by atoms with Gasteiger partial charge in [-0.15, -0.1) is 0 Å². The molecule has 4 rings (SSSR count). The predicted octanol–water partition coefficient (Wildman–Crippen LogP) is 4.60. The number of aryl methyl sites for hydroxylation is 1. The number of anilines is 1. The van der Waals surface area contributed by atoms with Gasteiger partial charge in [-0.25, -0.2) is 0 Å². The molecule has 2 aromatic carbocycles. The molecule has 0 radical (unpaired) electrons. The molecule has 1 aliphatic rings. The molecule has 3 aromatic rings. The molecule has 0 unspecified atom stereocenters. The average Bonchev–Trinajstić information content (AvgIpc) is 2.86. The molecule has 0 atom stereocenters. The number of aromatic nitrogens is 1. The first-order valence-electron chi connectivity index (χ1n) is 7.72. The van der Waals surface area contributed by atoms with Crippen molar-refractivity contribution in [2.24, 2.45) is 7.05 Å². The van der Waals surface area contributed by atoms with Crippen LogP contribution >= 0.6 is 23.5 Å². The number of halogens is 1. The fourth-order valence-electron chi connectivity index (χ4n) is 3.22. The van der Waals surface area contributed by atoms with E-state index in [2.05, 4.69) is 39.9 Å². The van der Waals surface area contributed by atoms with Crippen LogP contribution in [0.4, 0.5) is 5.69 Å². The lowest BCUT2D eigenvalue weighted by atomic mass is 10.1. The van der Waals surface area contributed by atoms with Crippen LogP contribution in [0, 0.1) is 0 Å². The second kappa shape index (κ2) is 6.11. The third kappa shape index (κ3) is 2.82. The molecule has 118 valence electrons. The smallest absolute Gasteiger partial charge is 0.0484 e. The van der Waals surface area contributed by atoms with Gasteiger partial charge >= 0.3 is 0 Å². The van der Waals surface area contributed by atoms with Gasteiger partial charge in [-0.05, 0) is 53.9 Å². The molecule has 5 heteroatoms. The van der Waals surface area contributed by atoms with Crippen LogP contribution in [0.1, 0.15) is 11.3 Å². The van der Waals surface area contributed by atoms with E-state index in [1.165, 1.54) is 27.1 Å². The standard InChI is InChI=1S/C18H18ClN3S/c1-22-17-6-5-14(23-21-13-4-2-3-12(19)9-13)10-15(17)16-11-20-8-7-18(16)22/h2-6,9-10,20-21H,7-8,11H2,1H3. The highest BCUT2D eigenvalue weighted by molar-refractivity contribution is 8.00. The molecule has 0 saturated heterocycles. The number of nitrogens with one attached hydrogen (secondary N) is 2. The molecule has 0 aliphatic carbocycles. The van der Waals surface area contributed by atoms with Crippen LogP contribution in [-0.2, 0) is 20.0 Å². The number of hydrogen-bond donors (Lipinski definition) is 2. The molecule has 0 spiro atoms. The van der Waals surface area contributed by atoms with Crippen LogP contribution in [0.2, 0.25) is 5.02 Å². The van der Waals surface area contributed by atoms with Gasteiger partial charge in [0.2, 0.25) is 0 Å². The number of benzene rings is 2. The summed E-state index contributed by atoms with van der Waals surface area (Å²) in [6, 6.07) is 14.5. The van der Waals surface area contributed by atoms with Crippen molar-refractivity contribution in [2.45, 2.75) is 17.9 Å². The SMILES string of the molecule is Cn1c2c(c3cc(SNc4cccc(Cl)c4)ccc31)CNCC2. The Hall–Kier alpha value is -1.62. The molecule has 1 aromatic heterocycles. The average molecular weight is 344 g/mol. The molecule has 2 N–H and O–H groups in total. The van der Waals surface area contributed by atoms with Crippen LogP contribution in [0.15, 0.2) is 47.4 Å². The van der Waals surface area contributed by atoms with Gasteiger partial charge in [0.25, 0.3) is 0 Å². The van der Waals surface area contributed by atoms with E-state index >= 15 is 0 Å². The largest absolute Gasteiger partial charge is 0.347 e. The lowest BCUT2D eigenvalue weighted by Crippen LogP contribution is -2.24. The monoisotopic (exact) mass is 343 g/mol. The topological polar surface area (TPSA) is 29.0 Å². The van der Waals surface area contributed by atoms with E-state index < -0.39 is 0 Å². The Morgan fingerprint density at radius 2 is 2.13 bits per heavy atom. The highest BCUT2D eigenvalue weighted by atomic mass is 35.5. The van der Waals surface area contributed by atoms with E-state index in [-0.39, 0.29) is 0 Å². The van der Waals surface area contributed by atoms with E-state index in [1.54, 1.807) is 11.9 Å². The zero-order chi connectivity index (χ0) is 15.8. The van der Waals surface area contributed by atoms with Crippen LogP contribution < -0.4 is 10.0 Å². The minimum Gasteiger partial charge on any atom is -0.347 e. The van der Waals surface area contributed by atoms with Gasteiger partial charge < -0.3 is 14.6 Å². The van der Waals surface area contributed by atoms with E-state index in [0.717, 1.165) is 30.2 Å². The zero-order valence-corrected chi connectivity index (χ0v) is 14.5. The third-order valence-corrected chi connectivity index (χ3v) is 5.42. The van der Waals surface area contributed by atoms with E-state index in [1.807, 2.05) is 24.3 Å². The molecule has 2 heterocycles. The fourth-order valence-corrected chi connectivity index (χ4v) is 4.09. The molecule has 0 bridgehead atoms. The second-order valence-corrected chi connectivity index (χ2v) is 7.12. The highest BCUT2D eigenvalue weighted by Gasteiger charge is 2.18.